The van der Waals surface area contributed by atoms with Gasteiger partial charge < -0.3 is 9.32 Å². The molecule has 120 valence electrons. The van der Waals surface area contributed by atoms with Crippen LogP contribution >= 0.6 is 0 Å². The average molecular weight is 317 g/mol. The highest BCUT2D eigenvalue weighted by Gasteiger charge is 2.23. The standard InChI is InChI=1S/C20H19N3O/c1-14-8-10-23(14)11-9-20-22-18-12-17(6-7-19(18)24-20)16-4-2-15(13-21)3-5-16/h2-7,12,14H,8-11H2,1H3/t14-/m1/s1. The first-order valence-electron chi connectivity index (χ1n) is 8.37. The van der Waals surface area contributed by atoms with E-state index in [4.69, 9.17) is 9.68 Å². The Kier molecular flexibility index (Phi) is 3.79. The van der Waals surface area contributed by atoms with Gasteiger partial charge in [0.25, 0.3) is 0 Å². The van der Waals surface area contributed by atoms with E-state index in [0.29, 0.717) is 11.6 Å². The first-order chi connectivity index (χ1) is 11.7. The minimum atomic E-state index is 0.670. The molecular formula is C20H19N3O. The molecule has 3 aromatic rings. The van der Waals surface area contributed by atoms with E-state index in [2.05, 4.69) is 28.9 Å². The van der Waals surface area contributed by atoms with Crippen LogP contribution in [0.15, 0.2) is 46.9 Å². The molecule has 1 atom stereocenters. The Bertz CT molecular complexity index is 905. The van der Waals surface area contributed by atoms with Gasteiger partial charge in [0.05, 0.1) is 11.6 Å². The Labute approximate surface area is 141 Å². The second kappa shape index (κ2) is 6.10. The van der Waals surface area contributed by atoms with Crippen molar-refractivity contribution in [3.8, 4) is 17.2 Å². The van der Waals surface area contributed by atoms with Crippen LogP contribution in [0.1, 0.15) is 24.8 Å². The maximum atomic E-state index is 8.90. The highest BCUT2D eigenvalue weighted by molar-refractivity contribution is 5.80. The summed E-state index contributed by atoms with van der Waals surface area (Å²) in [5, 5.41) is 8.90. The van der Waals surface area contributed by atoms with E-state index in [9.17, 15) is 0 Å². The van der Waals surface area contributed by atoms with E-state index in [0.717, 1.165) is 41.1 Å². The molecule has 4 nitrogen and oxygen atoms in total. The highest BCUT2D eigenvalue weighted by Crippen LogP contribution is 2.25. The van der Waals surface area contributed by atoms with Crippen molar-refractivity contribution >= 4 is 11.1 Å². The molecule has 0 amide bonds. The normalized spacial score (nSPS) is 17.6. The fourth-order valence-electron chi connectivity index (χ4n) is 3.14. The van der Waals surface area contributed by atoms with Crippen molar-refractivity contribution in [2.45, 2.75) is 25.8 Å². The highest BCUT2D eigenvalue weighted by atomic mass is 16.3. The molecule has 1 fully saturated rings. The number of hydrogen-bond acceptors (Lipinski definition) is 4. The zero-order valence-corrected chi connectivity index (χ0v) is 13.7. The number of benzene rings is 2. The summed E-state index contributed by atoms with van der Waals surface area (Å²) in [6.07, 6.45) is 2.15. The van der Waals surface area contributed by atoms with Crippen LogP contribution < -0.4 is 0 Å². The van der Waals surface area contributed by atoms with E-state index in [1.165, 1.54) is 13.0 Å². The number of nitriles is 1. The molecule has 1 saturated heterocycles. The van der Waals surface area contributed by atoms with Gasteiger partial charge in [-0.15, -0.1) is 0 Å². The van der Waals surface area contributed by atoms with Gasteiger partial charge >= 0.3 is 0 Å². The molecule has 0 saturated carbocycles. The largest absolute Gasteiger partial charge is 0.441 e. The lowest BCUT2D eigenvalue weighted by atomic mass is 10.0. The summed E-state index contributed by atoms with van der Waals surface area (Å²) in [4.78, 5) is 7.10. The zero-order chi connectivity index (χ0) is 16.5. The second-order valence-corrected chi connectivity index (χ2v) is 6.40. The topological polar surface area (TPSA) is 53.1 Å². The van der Waals surface area contributed by atoms with Crippen molar-refractivity contribution in [2.24, 2.45) is 0 Å². The zero-order valence-electron chi connectivity index (χ0n) is 13.7. The third-order valence-corrected chi connectivity index (χ3v) is 4.85. The Morgan fingerprint density at radius 1 is 1.21 bits per heavy atom. The van der Waals surface area contributed by atoms with Crippen LogP contribution in [0.25, 0.3) is 22.2 Å². The minimum Gasteiger partial charge on any atom is -0.441 e. The maximum Gasteiger partial charge on any atom is 0.196 e. The van der Waals surface area contributed by atoms with Crippen molar-refractivity contribution in [1.29, 1.82) is 5.26 Å². The third-order valence-electron chi connectivity index (χ3n) is 4.85. The monoisotopic (exact) mass is 317 g/mol. The molecule has 2 aromatic carbocycles. The Morgan fingerprint density at radius 2 is 2.00 bits per heavy atom. The first-order valence-corrected chi connectivity index (χ1v) is 8.37. The molecule has 0 spiro atoms. The van der Waals surface area contributed by atoms with Gasteiger partial charge in [0, 0.05) is 19.0 Å². The maximum absolute atomic E-state index is 8.90. The van der Waals surface area contributed by atoms with Crippen molar-refractivity contribution < 1.29 is 4.42 Å². The van der Waals surface area contributed by atoms with Crippen LogP contribution in [0.3, 0.4) is 0 Å². The van der Waals surface area contributed by atoms with E-state index >= 15 is 0 Å². The fraction of sp³-hybridized carbons (Fsp3) is 0.300. The van der Waals surface area contributed by atoms with Gasteiger partial charge in [-0.1, -0.05) is 18.2 Å². The number of fused-ring (bicyclic) bond motifs is 1. The number of rotatable bonds is 4. The molecule has 1 aliphatic heterocycles. The van der Waals surface area contributed by atoms with Crippen LogP contribution in [0.2, 0.25) is 0 Å². The van der Waals surface area contributed by atoms with Crippen LogP contribution in [-0.4, -0.2) is 29.0 Å². The lowest BCUT2D eigenvalue weighted by molar-refractivity contribution is 0.104. The molecule has 0 unspecified atom stereocenters. The van der Waals surface area contributed by atoms with E-state index in [1.807, 2.05) is 36.4 Å². The van der Waals surface area contributed by atoms with E-state index in [-0.39, 0.29) is 0 Å². The fourth-order valence-corrected chi connectivity index (χ4v) is 3.14. The molecule has 2 heterocycles. The number of nitrogens with zero attached hydrogens (tertiary/aromatic N) is 3. The number of hydrogen-bond donors (Lipinski definition) is 0. The van der Waals surface area contributed by atoms with Gasteiger partial charge in [-0.3, -0.25) is 0 Å². The number of aromatic nitrogens is 1. The SMILES string of the molecule is C[C@@H]1CCN1CCc1nc2cc(-c3ccc(C#N)cc3)ccc2o1. The first kappa shape index (κ1) is 14.9. The summed E-state index contributed by atoms with van der Waals surface area (Å²) in [7, 11) is 0. The molecule has 4 heteroatoms. The molecule has 0 bridgehead atoms. The Hall–Kier alpha value is -2.64. The van der Waals surface area contributed by atoms with Crippen molar-refractivity contribution in [2.75, 3.05) is 13.1 Å². The molecule has 1 aromatic heterocycles. The Morgan fingerprint density at radius 3 is 2.67 bits per heavy atom. The summed E-state index contributed by atoms with van der Waals surface area (Å²) in [5.41, 5.74) is 4.56. The summed E-state index contributed by atoms with van der Waals surface area (Å²) < 4.78 is 5.87. The quantitative estimate of drug-likeness (QED) is 0.730. The minimum absolute atomic E-state index is 0.670. The van der Waals surface area contributed by atoms with Gasteiger partial charge in [-0.2, -0.15) is 5.26 Å². The molecule has 4 rings (SSSR count). The summed E-state index contributed by atoms with van der Waals surface area (Å²) in [6.45, 7) is 4.46. The van der Waals surface area contributed by atoms with Crippen molar-refractivity contribution in [1.82, 2.24) is 9.88 Å². The van der Waals surface area contributed by atoms with Crippen LogP contribution in [0.4, 0.5) is 0 Å². The molecular weight excluding hydrogens is 298 g/mol. The predicted molar refractivity (Wildman–Crippen MR) is 93.5 cm³/mol. The lowest BCUT2D eigenvalue weighted by Crippen LogP contribution is -2.46. The molecule has 24 heavy (non-hydrogen) atoms. The summed E-state index contributed by atoms with van der Waals surface area (Å²) in [6, 6.07) is 16.5. The van der Waals surface area contributed by atoms with Crippen molar-refractivity contribution in [3.63, 3.8) is 0 Å². The lowest BCUT2D eigenvalue weighted by Gasteiger charge is -2.38. The smallest absolute Gasteiger partial charge is 0.196 e. The van der Waals surface area contributed by atoms with Gasteiger partial charge in [0.1, 0.15) is 5.52 Å². The van der Waals surface area contributed by atoms with Crippen LogP contribution in [0.5, 0.6) is 0 Å². The second-order valence-electron chi connectivity index (χ2n) is 6.40. The molecule has 0 N–H and O–H groups in total. The van der Waals surface area contributed by atoms with Crippen LogP contribution in [0, 0.1) is 11.3 Å². The van der Waals surface area contributed by atoms with Crippen LogP contribution in [-0.2, 0) is 6.42 Å². The van der Waals surface area contributed by atoms with E-state index < -0.39 is 0 Å². The Balaban J connectivity index is 1.55. The third kappa shape index (κ3) is 2.79. The van der Waals surface area contributed by atoms with Gasteiger partial charge in [-0.05, 0) is 55.3 Å². The van der Waals surface area contributed by atoms with Gasteiger partial charge in [-0.25, -0.2) is 4.98 Å². The molecule has 0 aliphatic carbocycles. The van der Waals surface area contributed by atoms with Gasteiger partial charge in [0.15, 0.2) is 11.5 Å². The number of oxazole rings is 1. The average Bonchev–Trinajstić information content (AvgIpc) is 3.02. The molecule has 0 radical (unpaired) electrons. The summed E-state index contributed by atoms with van der Waals surface area (Å²) >= 11 is 0. The summed E-state index contributed by atoms with van der Waals surface area (Å²) in [5.74, 6) is 0.807. The van der Waals surface area contributed by atoms with E-state index in [1.54, 1.807) is 0 Å². The number of likely N-dealkylation sites (tertiary alicyclic amines) is 1. The molecule has 1 aliphatic rings. The predicted octanol–water partition coefficient (Wildman–Crippen LogP) is 4.00. The van der Waals surface area contributed by atoms with Crippen molar-refractivity contribution in [3.05, 3.63) is 53.9 Å². The van der Waals surface area contributed by atoms with Gasteiger partial charge in [0.2, 0.25) is 0 Å².